The van der Waals surface area contributed by atoms with Crippen LogP contribution in [-0.2, 0) is 12.2 Å². The standard InChI is InChI=1S/C16H14OS3/c17-15(12-3-1-2-10-4-7-19-16(10)12)14-8-11-9-18-6-5-13(11)20-14/h1-4,7-8,15,17H,5-6,9H2. The molecule has 0 aliphatic carbocycles. The van der Waals surface area contributed by atoms with E-state index in [0.29, 0.717) is 0 Å². The summed E-state index contributed by atoms with van der Waals surface area (Å²) >= 11 is 5.49. The summed E-state index contributed by atoms with van der Waals surface area (Å²) < 4.78 is 1.21. The van der Waals surface area contributed by atoms with Crippen LogP contribution in [0.25, 0.3) is 10.1 Å². The largest absolute Gasteiger partial charge is 0.383 e. The van der Waals surface area contributed by atoms with Gasteiger partial charge in [-0.25, -0.2) is 0 Å². The van der Waals surface area contributed by atoms with Gasteiger partial charge in [-0.15, -0.1) is 22.7 Å². The number of fused-ring (bicyclic) bond motifs is 2. The van der Waals surface area contributed by atoms with Gasteiger partial charge >= 0.3 is 0 Å². The molecule has 0 spiro atoms. The summed E-state index contributed by atoms with van der Waals surface area (Å²) in [6, 6.07) is 10.5. The Hall–Kier alpha value is -0.810. The smallest absolute Gasteiger partial charge is 0.115 e. The molecule has 3 heterocycles. The quantitative estimate of drug-likeness (QED) is 0.730. The van der Waals surface area contributed by atoms with E-state index >= 15 is 0 Å². The first-order valence-corrected chi connectivity index (χ1v) is 9.51. The van der Waals surface area contributed by atoms with E-state index in [9.17, 15) is 5.11 Å². The van der Waals surface area contributed by atoms with Gasteiger partial charge in [-0.05, 0) is 40.6 Å². The summed E-state index contributed by atoms with van der Waals surface area (Å²) in [5, 5.41) is 14.1. The van der Waals surface area contributed by atoms with E-state index in [-0.39, 0.29) is 0 Å². The van der Waals surface area contributed by atoms with Gasteiger partial charge in [0.25, 0.3) is 0 Å². The highest BCUT2D eigenvalue weighted by Gasteiger charge is 2.20. The number of hydrogen-bond donors (Lipinski definition) is 1. The van der Waals surface area contributed by atoms with Crippen molar-refractivity contribution >= 4 is 44.5 Å². The molecule has 1 nitrogen and oxygen atoms in total. The molecule has 1 unspecified atom stereocenters. The van der Waals surface area contributed by atoms with Crippen molar-refractivity contribution in [2.75, 3.05) is 5.75 Å². The molecule has 0 amide bonds. The molecule has 20 heavy (non-hydrogen) atoms. The fraction of sp³-hybridized carbons (Fsp3) is 0.250. The fourth-order valence-electron chi connectivity index (χ4n) is 2.69. The Labute approximate surface area is 130 Å². The van der Waals surface area contributed by atoms with Crippen LogP contribution in [0, 0.1) is 0 Å². The van der Waals surface area contributed by atoms with Crippen molar-refractivity contribution in [3.8, 4) is 0 Å². The molecular weight excluding hydrogens is 304 g/mol. The third kappa shape index (κ3) is 2.11. The van der Waals surface area contributed by atoms with Crippen LogP contribution in [0.15, 0.2) is 35.7 Å². The van der Waals surface area contributed by atoms with Gasteiger partial charge in [-0.2, -0.15) is 11.8 Å². The second-order valence-corrected chi connectivity index (χ2v) is 8.18. The average molecular weight is 318 g/mol. The van der Waals surface area contributed by atoms with E-state index in [4.69, 9.17) is 0 Å². The third-order valence-corrected chi connectivity index (χ3v) is 7.00. The number of rotatable bonds is 2. The summed E-state index contributed by atoms with van der Waals surface area (Å²) in [4.78, 5) is 2.56. The molecule has 1 N–H and O–H groups in total. The number of hydrogen-bond acceptors (Lipinski definition) is 4. The van der Waals surface area contributed by atoms with Crippen molar-refractivity contribution < 1.29 is 5.11 Å². The zero-order valence-electron chi connectivity index (χ0n) is 10.8. The lowest BCUT2D eigenvalue weighted by atomic mass is 10.1. The van der Waals surface area contributed by atoms with Gasteiger partial charge in [-0.3, -0.25) is 0 Å². The number of aryl methyl sites for hydroxylation is 1. The molecule has 0 saturated carbocycles. The highest BCUT2D eigenvalue weighted by atomic mass is 32.2. The fourth-order valence-corrected chi connectivity index (χ4v) is 6.01. The number of benzene rings is 1. The van der Waals surface area contributed by atoms with Gasteiger partial charge in [0.15, 0.2) is 0 Å². The van der Waals surface area contributed by atoms with Crippen LogP contribution in [0.1, 0.15) is 27.0 Å². The van der Waals surface area contributed by atoms with Crippen LogP contribution < -0.4 is 0 Å². The molecule has 1 aliphatic rings. The Bertz CT molecular complexity index is 733. The molecule has 1 aliphatic heterocycles. The highest BCUT2D eigenvalue weighted by molar-refractivity contribution is 7.98. The first-order valence-electron chi connectivity index (χ1n) is 6.66. The van der Waals surface area contributed by atoms with Crippen LogP contribution in [0.4, 0.5) is 0 Å². The molecule has 102 valence electrons. The molecule has 1 atom stereocenters. The zero-order chi connectivity index (χ0) is 13.5. The van der Waals surface area contributed by atoms with E-state index in [1.54, 1.807) is 22.7 Å². The minimum Gasteiger partial charge on any atom is -0.383 e. The Kier molecular flexibility index (Phi) is 3.34. The van der Waals surface area contributed by atoms with Crippen LogP contribution >= 0.6 is 34.4 Å². The van der Waals surface area contributed by atoms with E-state index < -0.39 is 6.10 Å². The first-order chi connectivity index (χ1) is 9.83. The van der Waals surface area contributed by atoms with Crippen molar-refractivity contribution in [3.05, 3.63) is 56.6 Å². The molecule has 3 aromatic rings. The second kappa shape index (κ2) is 5.19. The van der Waals surface area contributed by atoms with Crippen LogP contribution in [0.2, 0.25) is 0 Å². The molecule has 4 heteroatoms. The average Bonchev–Trinajstić information content (AvgIpc) is 3.12. The first kappa shape index (κ1) is 12.9. The van der Waals surface area contributed by atoms with Crippen molar-refractivity contribution in [2.24, 2.45) is 0 Å². The van der Waals surface area contributed by atoms with Crippen LogP contribution in [-0.4, -0.2) is 10.9 Å². The summed E-state index contributed by atoms with van der Waals surface area (Å²) in [6.07, 6.45) is 0.665. The maximum atomic E-state index is 10.8. The minimum absolute atomic E-state index is 0.488. The van der Waals surface area contributed by atoms with Crippen molar-refractivity contribution in [2.45, 2.75) is 18.3 Å². The Morgan fingerprint density at radius 3 is 3.05 bits per heavy atom. The minimum atomic E-state index is -0.488. The van der Waals surface area contributed by atoms with E-state index in [2.05, 4.69) is 29.6 Å². The summed E-state index contributed by atoms with van der Waals surface area (Å²) in [7, 11) is 0. The molecule has 4 rings (SSSR count). The summed E-state index contributed by atoms with van der Waals surface area (Å²) in [6.45, 7) is 0. The Morgan fingerprint density at radius 2 is 2.15 bits per heavy atom. The SMILES string of the molecule is OC(c1cc2c(s1)CCSC2)c1cccc2ccsc12. The van der Waals surface area contributed by atoms with Crippen molar-refractivity contribution in [1.82, 2.24) is 0 Å². The Balaban J connectivity index is 1.78. The van der Waals surface area contributed by atoms with Crippen molar-refractivity contribution in [1.29, 1.82) is 0 Å². The lowest BCUT2D eigenvalue weighted by Gasteiger charge is -2.10. The van der Waals surface area contributed by atoms with Gasteiger partial charge in [0.2, 0.25) is 0 Å². The van der Waals surface area contributed by atoms with Crippen LogP contribution in [0.3, 0.4) is 0 Å². The topological polar surface area (TPSA) is 20.2 Å². The predicted molar refractivity (Wildman–Crippen MR) is 90.1 cm³/mol. The molecule has 0 fully saturated rings. The van der Waals surface area contributed by atoms with Gasteiger partial charge < -0.3 is 5.11 Å². The number of aliphatic hydroxyl groups is 1. The Morgan fingerprint density at radius 1 is 1.20 bits per heavy atom. The second-order valence-electron chi connectivity index (χ2n) is 4.99. The molecular formula is C16H14OS3. The zero-order valence-corrected chi connectivity index (χ0v) is 13.3. The van der Waals surface area contributed by atoms with E-state index in [0.717, 1.165) is 22.6 Å². The lowest BCUT2D eigenvalue weighted by molar-refractivity contribution is 0.226. The third-order valence-electron chi connectivity index (χ3n) is 3.72. The van der Waals surface area contributed by atoms with Crippen molar-refractivity contribution in [3.63, 3.8) is 0 Å². The molecule has 0 saturated heterocycles. The maximum Gasteiger partial charge on any atom is 0.115 e. The molecule has 2 aromatic heterocycles. The number of aliphatic hydroxyl groups excluding tert-OH is 1. The molecule has 1 aromatic carbocycles. The van der Waals surface area contributed by atoms with Gasteiger partial charge in [0.1, 0.15) is 6.10 Å². The number of thiophene rings is 2. The van der Waals surface area contributed by atoms with E-state index in [1.807, 2.05) is 17.8 Å². The number of thioether (sulfide) groups is 1. The van der Waals surface area contributed by atoms with Gasteiger partial charge in [-0.1, -0.05) is 18.2 Å². The van der Waals surface area contributed by atoms with E-state index in [1.165, 1.54) is 26.3 Å². The molecule has 0 bridgehead atoms. The molecule has 0 radical (unpaired) electrons. The summed E-state index contributed by atoms with van der Waals surface area (Å²) in [5.41, 5.74) is 2.47. The lowest BCUT2D eigenvalue weighted by Crippen LogP contribution is -1.97. The van der Waals surface area contributed by atoms with Gasteiger partial charge in [0, 0.05) is 25.8 Å². The highest BCUT2D eigenvalue weighted by Crippen LogP contribution is 2.39. The predicted octanol–water partition coefficient (Wildman–Crippen LogP) is 4.83. The maximum absolute atomic E-state index is 10.8. The monoisotopic (exact) mass is 318 g/mol. The normalized spacial score (nSPS) is 16.2. The van der Waals surface area contributed by atoms with Crippen LogP contribution in [0.5, 0.6) is 0 Å². The van der Waals surface area contributed by atoms with Gasteiger partial charge in [0.05, 0.1) is 0 Å². The summed E-state index contributed by atoms with van der Waals surface area (Å²) in [5.74, 6) is 2.31.